The zero-order valence-electron chi connectivity index (χ0n) is 16.2. The normalized spacial score (nSPS) is 11.2. The minimum Gasteiger partial charge on any atom is -0.382 e. The van der Waals surface area contributed by atoms with Crippen molar-refractivity contribution in [2.45, 2.75) is 32.6 Å². The van der Waals surface area contributed by atoms with Gasteiger partial charge in [-0.05, 0) is 50.3 Å². The minimum atomic E-state index is -0.166. The van der Waals surface area contributed by atoms with Crippen LogP contribution in [0.15, 0.2) is 27.7 Å². The van der Waals surface area contributed by atoms with Gasteiger partial charge in [-0.2, -0.15) is 0 Å². The summed E-state index contributed by atoms with van der Waals surface area (Å²) < 4.78 is 24.9. The molecule has 156 valence electrons. The molecule has 5 nitrogen and oxygen atoms in total. The van der Waals surface area contributed by atoms with Gasteiger partial charge >= 0.3 is 0 Å². The van der Waals surface area contributed by atoms with Crippen LogP contribution >= 0.6 is 39.9 Å². The van der Waals surface area contributed by atoms with Crippen molar-refractivity contribution in [1.82, 2.24) is 10.6 Å². The fourth-order valence-corrected chi connectivity index (χ4v) is 2.64. The molecule has 2 N–H and O–H groups in total. The van der Waals surface area contributed by atoms with Crippen LogP contribution in [0.1, 0.15) is 31.7 Å². The molecule has 0 atom stereocenters. The van der Waals surface area contributed by atoms with Crippen LogP contribution in [-0.4, -0.2) is 52.5 Å². The van der Waals surface area contributed by atoms with E-state index in [2.05, 4.69) is 31.6 Å². The second-order valence-corrected chi connectivity index (χ2v) is 6.75. The Kier molecular flexibility index (Phi) is 17.3. The van der Waals surface area contributed by atoms with Crippen molar-refractivity contribution in [1.29, 1.82) is 0 Å². The van der Waals surface area contributed by atoms with E-state index in [-0.39, 0.29) is 29.8 Å². The molecule has 1 aromatic carbocycles. The summed E-state index contributed by atoms with van der Waals surface area (Å²) in [6, 6.07) is 5.19. The number of methoxy groups -OCH3 is 1. The lowest BCUT2D eigenvalue weighted by molar-refractivity contribution is 0.0689. The molecule has 0 aromatic heterocycles. The van der Waals surface area contributed by atoms with Crippen LogP contribution in [0.2, 0.25) is 0 Å². The summed E-state index contributed by atoms with van der Waals surface area (Å²) in [5, 5.41) is 6.55. The fraction of sp³-hybridized carbons (Fsp3) is 0.632. The predicted octanol–water partition coefficient (Wildman–Crippen LogP) is 4.14. The van der Waals surface area contributed by atoms with Gasteiger partial charge in [0.1, 0.15) is 5.82 Å². The number of hydrogen-bond donors (Lipinski definition) is 2. The Morgan fingerprint density at radius 3 is 2.67 bits per heavy atom. The Hall–Kier alpha value is -0.450. The predicted molar refractivity (Wildman–Crippen MR) is 124 cm³/mol. The van der Waals surface area contributed by atoms with E-state index in [0.29, 0.717) is 26.2 Å². The average Bonchev–Trinajstić information content (AvgIpc) is 2.62. The van der Waals surface area contributed by atoms with E-state index in [1.165, 1.54) is 6.07 Å². The lowest BCUT2D eigenvalue weighted by atomic mass is 10.1. The van der Waals surface area contributed by atoms with Gasteiger partial charge in [0.2, 0.25) is 0 Å². The highest BCUT2D eigenvalue weighted by atomic mass is 127. The maximum Gasteiger partial charge on any atom is 0.191 e. The molecule has 0 bridgehead atoms. The van der Waals surface area contributed by atoms with Crippen LogP contribution in [0.3, 0.4) is 0 Å². The molecular weight excluding hydrogens is 528 g/mol. The van der Waals surface area contributed by atoms with E-state index < -0.39 is 0 Å². The summed E-state index contributed by atoms with van der Waals surface area (Å²) in [4.78, 5) is 4.55. The molecule has 0 heterocycles. The number of ether oxygens (including phenoxy) is 2. The molecule has 0 radical (unpaired) electrons. The maximum atomic E-state index is 13.8. The van der Waals surface area contributed by atoms with Crippen molar-refractivity contribution in [2.75, 3.05) is 46.6 Å². The highest BCUT2D eigenvalue weighted by Gasteiger charge is 2.03. The first-order valence-corrected chi connectivity index (χ1v) is 9.99. The molecule has 8 heteroatoms. The van der Waals surface area contributed by atoms with Crippen molar-refractivity contribution in [3.63, 3.8) is 0 Å². The van der Waals surface area contributed by atoms with Crippen molar-refractivity contribution in [3.8, 4) is 0 Å². The van der Waals surface area contributed by atoms with Gasteiger partial charge in [0, 0.05) is 37.8 Å². The molecule has 0 unspecified atom stereocenters. The third kappa shape index (κ3) is 13.4. The largest absolute Gasteiger partial charge is 0.382 e. The summed E-state index contributed by atoms with van der Waals surface area (Å²) in [6.07, 6.45) is 3.50. The van der Waals surface area contributed by atoms with Gasteiger partial charge in [0.15, 0.2) is 5.96 Å². The van der Waals surface area contributed by atoms with Crippen LogP contribution in [0.25, 0.3) is 0 Å². The SMILES string of the molecule is CCNC(=NCCCc1ccc(Br)cc1F)NCCCCOCCOC.I. The van der Waals surface area contributed by atoms with Crippen molar-refractivity contribution in [2.24, 2.45) is 4.99 Å². The molecular formula is C19H32BrFIN3O2. The molecule has 0 saturated carbocycles. The van der Waals surface area contributed by atoms with Crippen LogP contribution < -0.4 is 10.6 Å². The minimum absolute atomic E-state index is 0. The Labute approximate surface area is 188 Å². The van der Waals surface area contributed by atoms with E-state index in [4.69, 9.17) is 9.47 Å². The Balaban J connectivity index is 0.00000676. The van der Waals surface area contributed by atoms with Crippen LogP contribution in [0, 0.1) is 5.82 Å². The molecule has 1 rings (SSSR count). The standard InChI is InChI=1S/C19H31BrFN3O2.HI/c1-3-22-19(23-10-4-5-12-26-14-13-25-2)24-11-6-7-16-8-9-17(20)15-18(16)21;/h8-9,15H,3-7,10-14H2,1-2H3,(H2,22,23,24);1H. The Morgan fingerprint density at radius 2 is 1.96 bits per heavy atom. The first kappa shape index (κ1) is 26.6. The number of aryl methyl sites for hydroxylation is 1. The van der Waals surface area contributed by atoms with Gasteiger partial charge in [-0.1, -0.05) is 22.0 Å². The second kappa shape index (κ2) is 17.6. The lowest BCUT2D eigenvalue weighted by Crippen LogP contribution is -2.38. The van der Waals surface area contributed by atoms with Crippen molar-refractivity contribution >= 4 is 45.9 Å². The molecule has 0 aliphatic carbocycles. The van der Waals surface area contributed by atoms with Gasteiger partial charge in [0.25, 0.3) is 0 Å². The zero-order valence-corrected chi connectivity index (χ0v) is 20.1. The first-order valence-electron chi connectivity index (χ1n) is 9.20. The van der Waals surface area contributed by atoms with E-state index >= 15 is 0 Å². The van der Waals surface area contributed by atoms with Crippen LogP contribution in [-0.2, 0) is 15.9 Å². The smallest absolute Gasteiger partial charge is 0.191 e. The van der Waals surface area contributed by atoms with E-state index in [9.17, 15) is 4.39 Å². The molecule has 0 amide bonds. The number of guanidine groups is 1. The summed E-state index contributed by atoms with van der Waals surface area (Å²) >= 11 is 3.27. The lowest BCUT2D eigenvalue weighted by Gasteiger charge is -2.11. The maximum absolute atomic E-state index is 13.8. The topological polar surface area (TPSA) is 54.9 Å². The van der Waals surface area contributed by atoms with Gasteiger partial charge < -0.3 is 20.1 Å². The fourth-order valence-electron chi connectivity index (χ4n) is 2.31. The monoisotopic (exact) mass is 559 g/mol. The number of hydrogen-bond acceptors (Lipinski definition) is 3. The Morgan fingerprint density at radius 1 is 1.15 bits per heavy atom. The molecule has 1 aromatic rings. The third-order valence-corrected chi connectivity index (χ3v) is 4.17. The number of unbranched alkanes of at least 4 members (excludes halogenated alkanes) is 1. The summed E-state index contributed by atoms with van der Waals surface area (Å²) in [6.45, 7) is 6.39. The van der Waals surface area contributed by atoms with E-state index in [0.717, 1.165) is 55.0 Å². The van der Waals surface area contributed by atoms with E-state index in [1.54, 1.807) is 7.11 Å². The molecule has 27 heavy (non-hydrogen) atoms. The van der Waals surface area contributed by atoms with Gasteiger partial charge in [-0.15, -0.1) is 24.0 Å². The number of halogens is 3. The molecule has 0 spiro atoms. The molecule has 0 fully saturated rings. The van der Waals surface area contributed by atoms with Crippen molar-refractivity contribution in [3.05, 3.63) is 34.1 Å². The van der Waals surface area contributed by atoms with Crippen LogP contribution in [0.4, 0.5) is 4.39 Å². The number of nitrogens with zero attached hydrogens (tertiary/aromatic N) is 1. The average molecular weight is 560 g/mol. The summed E-state index contributed by atoms with van der Waals surface area (Å²) in [7, 11) is 1.67. The number of aliphatic imine (C=N–C) groups is 1. The zero-order chi connectivity index (χ0) is 19.0. The number of rotatable bonds is 13. The van der Waals surface area contributed by atoms with Crippen molar-refractivity contribution < 1.29 is 13.9 Å². The van der Waals surface area contributed by atoms with Gasteiger partial charge in [-0.3, -0.25) is 4.99 Å². The highest BCUT2D eigenvalue weighted by molar-refractivity contribution is 14.0. The number of nitrogens with one attached hydrogen (secondary N) is 2. The van der Waals surface area contributed by atoms with Gasteiger partial charge in [0.05, 0.1) is 13.2 Å². The van der Waals surface area contributed by atoms with Gasteiger partial charge in [-0.25, -0.2) is 4.39 Å². The highest BCUT2D eigenvalue weighted by Crippen LogP contribution is 2.16. The third-order valence-electron chi connectivity index (χ3n) is 3.67. The molecule has 0 aliphatic heterocycles. The summed E-state index contributed by atoms with van der Waals surface area (Å²) in [5.74, 6) is 0.644. The first-order chi connectivity index (χ1) is 12.7. The Bertz CT molecular complexity index is 536. The quantitative estimate of drug-likeness (QED) is 0.165. The molecule has 0 saturated heterocycles. The second-order valence-electron chi connectivity index (χ2n) is 5.84. The van der Waals surface area contributed by atoms with Crippen LogP contribution in [0.5, 0.6) is 0 Å². The number of benzene rings is 1. The summed E-state index contributed by atoms with van der Waals surface area (Å²) in [5.41, 5.74) is 0.731. The van der Waals surface area contributed by atoms with E-state index in [1.807, 2.05) is 19.1 Å². The molecule has 0 aliphatic rings.